The molecular formula is C19H17ClFN5S. The second kappa shape index (κ2) is 8.75. The van der Waals surface area contributed by atoms with Gasteiger partial charge in [-0.2, -0.15) is 4.98 Å². The molecule has 0 bridgehead atoms. The Labute approximate surface area is 167 Å². The second-order valence-corrected chi connectivity index (χ2v) is 6.56. The van der Waals surface area contributed by atoms with Crippen molar-refractivity contribution in [1.82, 2.24) is 15.3 Å². The Morgan fingerprint density at radius 1 is 1.11 bits per heavy atom. The molecule has 0 amide bonds. The number of hydrogen-bond acceptors (Lipinski definition) is 4. The number of benzene rings is 2. The number of thiocarbonyl (C=S) groups is 1. The molecule has 0 aliphatic rings. The summed E-state index contributed by atoms with van der Waals surface area (Å²) in [6, 6.07) is 15.3. The average molecular weight is 402 g/mol. The minimum Gasteiger partial charge on any atom is -0.358 e. The minimum atomic E-state index is -0.295. The van der Waals surface area contributed by atoms with E-state index in [9.17, 15) is 4.39 Å². The van der Waals surface area contributed by atoms with Crippen molar-refractivity contribution >= 4 is 46.4 Å². The lowest BCUT2D eigenvalue weighted by molar-refractivity contribution is 0.628. The van der Waals surface area contributed by atoms with Crippen LogP contribution in [0.1, 0.15) is 11.3 Å². The molecule has 0 aliphatic heterocycles. The minimum absolute atomic E-state index is 0.295. The molecule has 3 rings (SSSR count). The van der Waals surface area contributed by atoms with Crippen molar-refractivity contribution in [3.05, 3.63) is 76.7 Å². The fourth-order valence-corrected chi connectivity index (χ4v) is 2.70. The Hall–Kier alpha value is -2.77. The van der Waals surface area contributed by atoms with E-state index in [-0.39, 0.29) is 5.82 Å². The summed E-state index contributed by atoms with van der Waals surface area (Å²) < 4.78 is 13.0. The van der Waals surface area contributed by atoms with Crippen molar-refractivity contribution in [2.75, 3.05) is 10.6 Å². The molecule has 0 radical (unpaired) electrons. The fourth-order valence-electron chi connectivity index (χ4n) is 2.33. The second-order valence-electron chi connectivity index (χ2n) is 5.75. The Kier molecular flexibility index (Phi) is 6.16. The lowest BCUT2D eigenvalue weighted by atomic mass is 10.2. The maximum absolute atomic E-state index is 13.0. The highest BCUT2D eigenvalue weighted by Crippen LogP contribution is 2.17. The number of aromatic nitrogens is 2. The van der Waals surface area contributed by atoms with Crippen LogP contribution in [-0.4, -0.2) is 15.1 Å². The van der Waals surface area contributed by atoms with Gasteiger partial charge in [0, 0.05) is 29.0 Å². The lowest BCUT2D eigenvalue weighted by Gasteiger charge is -2.12. The van der Waals surface area contributed by atoms with Crippen LogP contribution < -0.4 is 16.0 Å². The van der Waals surface area contributed by atoms with Crippen molar-refractivity contribution in [3.8, 4) is 0 Å². The summed E-state index contributed by atoms with van der Waals surface area (Å²) in [5.41, 5.74) is 2.41. The first-order chi connectivity index (χ1) is 13.0. The molecule has 0 saturated carbocycles. The van der Waals surface area contributed by atoms with E-state index in [0.29, 0.717) is 28.4 Å². The number of anilines is 3. The zero-order chi connectivity index (χ0) is 19.2. The molecule has 0 spiro atoms. The van der Waals surface area contributed by atoms with Crippen molar-refractivity contribution in [2.24, 2.45) is 0 Å². The Balaban J connectivity index is 1.64. The number of nitrogens with one attached hydrogen (secondary N) is 3. The third kappa shape index (κ3) is 5.60. The first kappa shape index (κ1) is 19.0. The Morgan fingerprint density at radius 3 is 2.59 bits per heavy atom. The predicted molar refractivity (Wildman–Crippen MR) is 111 cm³/mol. The van der Waals surface area contributed by atoms with E-state index < -0.39 is 0 Å². The van der Waals surface area contributed by atoms with Crippen LogP contribution >= 0.6 is 23.8 Å². The standard InChI is InChI=1S/C19H17ClFN5S/c1-12-10-17(24-15-8-6-14(21)7-9-15)25-18(23-12)26-19(27)22-11-13-4-2-3-5-16(13)20/h2-10H,11H2,1H3,(H3,22,23,24,25,26,27). The maximum Gasteiger partial charge on any atom is 0.231 e. The SMILES string of the molecule is Cc1cc(Nc2ccc(F)cc2)nc(NC(=S)NCc2ccccc2Cl)n1. The van der Waals surface area contributed by atoms with E-state index >= 15 is 0 Å². The van der Waals surface area contributed by atoms with Gasteiger partial charge in [0.2, 0.25) is 5.95 Å². The van der Waals surface area contributed by atoms with E-state index in [2.05, 4.69) is 25.9 Å². The van der Waals surface area contributed by atoms with Crippen LogP contribution in [0.4, 0.5) is 21.8 Å². The van der Waals surface area contributed by atoms with Crippen molar-refractivity contribution in [1.29, 1.82) is 0 Å². The quantitative estimate of drug-likeness (QED) is 0.533. The van der Waals surface area contributed by atoms with E-state index in [1.807, 2.05) is 31.2 Å². The molecular weight excluding hydrogens is 385 g/mol. The van der Waals surface area contributed by atoms with Gasteiger partial charge in [0.25, 0.3) is 0 Å². The molecule has 0 fully saturated rings. The van der Waals surface area contributed by atoms with Crippen LogP contribution in [-0.2, 0) is 6.54 Å². The van der Waals surface area contributed by atoms with Crippen molar-refractivity contribution in [3.63, 3.8) is 0 Å². The van der Waals surface area contributed by atoms with Gasteiger partial charge < -0.3 is 16.0 Å². The number of hydrogen-bond donors (Lipinski definition) is 3. The molecule has 5 nitrogen and oxygen atoms in total. The first-order valence-corrected chi connectivity index (χ1v) is 8.95. The van der Waals surface area contributed by atoms with Crippen LogP contribution in [0.25, 0.3) is 0 Å². The first-order valence-electron chi connectivity index (χ1n) is 8.16. The maximum atomic E-state index is 13.0. The van der Waals surface area contributed by atoms with Crippen molar-refractivity contribution < 1.29 is 4.39 Å². The van der Waals surface area contributed by atoms with Gasteiger partial charge in [0.05, 0.1) is 0 Å². The summed E-state index contributed by atoms with van der Waals surface area (Å²) in [5.74, 6) is 0.637. The summed E-state index contributed by atoms with van der Waals surface area (Å²) in [4.78, 5) is 8.71. The molecule has 3 aromatic rings. The monoisotopic (exact) mass is 401 g/mol. The van der Waals surface area contributed by atoms with Gasteiger partial charge in [0.15, 0.2) is 5.11 Å². The van der Waals surface area contributed by atoms with Gasteiger partial charge in [0.1, 0.15) is 11.6 Å². The molecule has 138 valence electrons. The number of nitrogens with zero attached hydrogens (tertiary/aromatic N) is 2. The van der Waals surface area contributed by atoms with E-state index in [0.717, 1.165) is 16.9 Å². The van der Waals surface area contributed by atoms with Gasteiger partial charge in [-0.15, -0.1) is 0 Å². The zero-order valence-corrected chi connectivity index (χ0v) is 16.0. The van der Waals surface area contributed by atoms with Crippen LogP contribution in [0.15, 0.2) is 54.6 Å². The van der Waals surface area contributed by atoms with Crippen LogP contribution in [0.2, 0.25) is 5.02 Å². The molecule has 3 N–H and O–H groups in total. The smallest absolute Gasteiger partial charge is 0.231 e. The van der Waals surface area contributed by atoms with Crippen LogP contribution in [0.3, 0.4) is 0 Å². The largest absolute Gasteiger partial charge is 0.358 e. The molecule has 1 heterocycles. The number of rotatable bonds is 5. The van der Waals surface area contributed by atoms with Gasteiger partial charge in [-0.05, 0) is 55.0 Å². The summed E-state index contributed by atoms with van der Waals surface area (Å²) in [7, 11) is 0. The highest BCUT2D eigenvalue weighted by atomic mass is 35.5. The van der Waals surface area contributed by atoms with E-state index in [4.69, 9.17) is 23.8 Å². The van der Waals surface area contributed by atoms with Gasteiger partial charge in [-0.25, -0.2) is 9.37 Å². The van der Waals surface area contributed by atoms with Gasteiger partial charge in [-0.3, -0.25) is 0 Å². The summed E-state index contributed by atoms with van der Waals surface area (Å²) >= 11 is 11.4. The Bertz CT molecular complexity index is 949. The van der Waals surface area contributed by atoms with Gasteiger partial charge in [-0.1, -0.05) is 29.8 Å². The van der Waals surface area contributed by atoms with E-state index in [1.165, 1.54) is 12.1 Å². The molecule has 27 heavy (non-hydrogen) atoms. The molecule has 2 aromatic carbocycles. The lowest BCUT2D eigenvalue weighted by Crippen LogP contribution is -2.29. The van der Waals surface area contributed by atoms with Gasteiger partial charge >= 0.3 is 0 Å². The highest BCUT2D eigenvalue weighted by molar-refractivity contribution is 7.80. The summed E-state index contributed by atoms with van der Waals surface area (Å²) in [6.45, 7) is 2.33. The number of halogens is 2. The van der Waals surface area contributed by atoms with Crippen LogP contribution in [0, 0.1) is 12.7 Å². The normalized spacial score (nSPS) is 10.3. The van der Waals surface area contributed by atoms with Crippen LogP contribution in [0.5, 0.6) is 0 Å². The highest BCUT2D eigenvalue weighted by Gasteiger charge is 2.06. The zero-order valence-electron chi connectivity index (χ0n) is 14.5. The van der Waals surface area contributed by atoms with E-state index in [1.54, 1.807) is 18.2 Å². The Morgan fingerprint density at radius 2 is 1.85 bits per heavy atom. The average Bonchev–Trinajstić information content (AvgIpc) is 2.62. The van der Waals surface area contributed by atoms with Crippen molar-refractivity contribution in [2.45, 2.75) is 13.5 Å². The summed E-state index contributed by atoms with van der Waals surface area (Å²) in [5, 5.41) is 10.2. The molecule has 0 unspecified atom stereocenters. The fraction of sp³-hybridized carbons (Fsp3) is 0.105. The third-order valence-corrected chi connectivity index (χ3v) is 4.21. The molecule has 0 atom stereocenters. The molecule has 0 saturated heterocycles. The molecule has 0 aliphatic carbocycles. The molecule has 1 aromatic heterocycles. The molecule has 8 heteroatoms. The summed E-state index contributed by atoms with van der Waals surface area (Å²) in [6.07, 6.45) is 0. The topological polar surface area (TPSA) is 61.9 Å². The number of aryl methyl sites for hydroxylation is 1. The predicted octanol–water partition coefficient (Wildman–Crippen LogP) is 4.81. The third-order valence-electron chi connectivity index (χ3n) is 3.59.